The molecule has 0 aliphatic carbocycles. The molecule has 0 radical (unpaired) electrons. The summed E-state index contributed by atoms with van der Waals surface area (Å²) in [6.07, 6.45) is 5.32. The van der Waals surface area contributed by atoms with Crippen LogP contribution in [0.25, 0.3) is 0 Å². The molecule has 11 heteroatoms. The van der Waals surface area contributed by atoms with E-state index in [4.69, 9.17) is 20.9 Å². The third-order valence-corrected chi connectivity index (χ3v) is 7.95. The highest BCUT2D eigenvalue weighted by Gasteiger charge is 2.41. The summed E-state index contributed by atoms with van der Waals surface area (Å²) < 4.78 is 45.4. The second-order valence-electron chi connectivity index (χ2n) is 11.1. The second kappa shape index (κ2) is 14.1. The first-order chi connectivity index (χ1) is 18.7. The van der Waals surface area contributed by atoms with Gasteiger partial charge in [0, 0.05) is 31.1 Å². The van der Waals surface area contributed by atoms with Crippen LogP contribution in [0.15, 0.2) is 42.5 Å². The second-order valence-corrected chi connectivity index (χ2v) is 13.0. The highest BCUT2D eigenvalue weighted by atomic mass is 35.5. The van der Waals surface area contributed by atoms with Crippen molar-refractivity contribution in [3.05, 3.63) is 64.4 Å². The van der Waals surface area contributed by atoms with Gasteiger partial charge in [-0.05, 0) is 100.0 Å². The van der Waals surface area contributed by atoms with Gasteiger partial charge < -0.3 is 14.7 Å². The molecule has 0 aromatic heterocycles. The van der Waals surface area contributed by atoms with E-state index in [1.54, 1.807) is 19.1 Å². The molecule has 2 N–H and O–H groups in total. The zero-order valence-electron chi connectivity index (χ0n) is 23.4. The van der Waals surface area contributed by atoms with Crippen LogP contribution in [0, 0.1) is 18.7 Å². The van der Waals surface area contributed by atoms with Crippen LogP contribution in [0.5, 0.6) is 5.75 Å². The van der Waals surface area contributed by atoms with E-state index in [2.05, 4.69) is 9.80 Å². The number of aryl methyl sites for hydroxylation is 1. The van der Waals surface area contributed by atoms with Gasteiger partial charge in [0.05, 0.1) is 6.26 Å². The molecule has 2 heterocycles. The molecule has 0 unspecified atom stereocenters. The first-order valence-electron chi connectivity index (χ1n) is 13.5. The number of carboxylic acid groups (broad SMARTS) is 1. The quantitative estimate of drug-likeness (QED) is 0.412. The van der Waals surface area contributed by atoms with E-state index in [-0.39, 0.29) is 11.9 Å². The van der Waals surface area contributed by atoms with Gasteiger partial charge in [-0.3, -0.25) is 14.2 Å². The van der Waals surface area contributed by atoms with Gasteiger partial charge >= 0.3 is 5.97 Å². The van der Waals surface area contributed by atoms with Crippen molar-refractivity contribution in [3.8, 4) is 5.75 Å². The van der Waals surface area contributed by atoms with Crippen LogP contribution >= 0.6 is 11.6 Å². The summed E-state index contributed by atoms with van der Waals surface area (Å²) in [5, 5.41) is 10.8. The minimum atomic E-state index is -3.67. The van der Waals surface area contributed by atoms with E-state index in [9.17, 15) is 22.7 Å². The van der Waals surface area contributed by atoms with Crippen molar-refractivity contribution in [2.24, 2.45) is 5.92 Å². The third kappa shape index (κ3) is 9.99. The zero-order chi connectivity index (χ0) is 29.5. The Morgan fingerprint density at radius 1 is 1.07 bits per heavy atom. The lowest BCUT2D eigenvalue weighted by Gasteiger charge is -2.43. The lowest BCUT2D eigenvalue weighted by Crippen LogP contribution is -2.57. The topological polar surface area (TPSA) is 107 Å². The van der Waals surface area contributed by atoms with Gasteiger partial charge in [-0.15, -0.1) is 0 Å². The van der Waals surface area contributed by atoms with E-state index in [0.29, 0.717) is 18.6 Å². The summed E-state index contributed by atoms with van der Waals surface area (Å²) in [5.74, 6) is 0.369. The smallest absolute Gasteiger partial charge is 0.324 e. The summed E-state index contributed by atoms with van der Waals surface area (Å²) >= 11 is 6.06. The molecule has 0 spiro atoms. The van der Waals surface area contributed by atoms with Crippen molar-refractivity contribution in [1.29, 1.82) is 0 Å². The molecule has 2 aliphatic heterocycles. The van der Waals surface area contributed by atoms with Crippen molar-refractivity contribution < 1.29 is 32.0 Å². The Labute approximate surface area is 241 Å². The van der Waals surface area contributed by atoms with Gasteiger partial charge in [-0.1, -0.05) is 23.7 Å². The molecule has 0 bridgehead atoms. The molecular formula is C29H40ClFN2O6S. The summed E-state index contributed by atoms with van der Waals surface area (Å²) in [7, 11) is -3.67. The molecule has 2 aromatic carbocycles. The summed E-state index contributed by atoms with van der Waals surface area (Å²) in [6.45, 7) is 8.46. The molecule has 222 valence electrons. The normalized spacial score (nSPS) is 19.4. The number of piperidine rings is 2. The maximum absolute atomic E-state index is 13.3. The first kappa shape index (κ1) is 32.3. The monoisotopic (exact) mass is 598 g/mol. The molecule has 2 fully saturated rings. The minimum absolute atomic E-state index is 0.232. The Morgan fingerprint density at radius 2 is 1.65 bits per heavy atom. The highest BCUT2D eigenvalue weighted by Crippen LogP contribution is 2.30. The molecule has 0 saturated carbocycles. The number of hydrogen-bond donors (Lipinski definition) is 2. The fourth-order valence-corrected chi connectivity index (χ4v) is 5.66. The maximum atomic E-state index is 13.3. The fraction of sp³-hybridized carbons (Fsp3) is 0.552. The van der Waals surface area contributed by atoms with Crippen molar-refractivity contribution in [1.82, 2.24) is 9.80 Å². The molecule has 40 heavy (non-hydrogen) atoms. The van der Waals surface area contributed by atoms with E-state index >= 15 is 0 Å². The lowest BCUT2D eigenvalue weighted by atomic mass is 9.86. The van der Waals surface area contributed by atoms with Crippen LogP contribution < -0.4 is 4.74 Å². The third-order valence-electron chi connectivity index (χ3n) is 7.72. The Hall–Kier alpha value is -2.24. The average Bonchev–Trinajstić information content (AvgIpc) is 2.87. The fourth-order valence-electron chi connectivity index (χ4n) is 5.43. The molecule has 1 atom stereocenters. The number of aliphatic carboxylic acids is 1. The number of rotatable bonds is 8. The van der Waals surface area contributed by atoms with Crippen LogP contribution in [0.3, 0.4) is 0 Å². The Balaban J connectivity index is 0.000000810. The molecule has 0 amide bonds. The van der Waals surface area contributed by atoms with Crippen LogP contribution in [0.4, 0.5) is 4.39 Å². The summed E-state index contributed by atoms with van der Waals surface area (Å²) in [5.41, 5.74) is 0.926. The predicted molar refractivity (Wildman–Crippen MR) is 154 cm³/mol. The van der Waals surface area contributed by atoms with Crippen LogP contribution in [-0.2, 0) is 21.3 Å². The number of nitrogens with zero attached hydrogens (tertiary/aromatic N) is 2. The molecule has 2 aromatic rings. The van der Waals surface area contributed by atoms with Gasteiger partial charge in [-0.2, -0.15) is 8.42 Å². The predicted octanol–water partition coefficient (Wildman–Crippen LogP) is 4.93. The van der Waals surface area contributed by atoms with Crippen molar-refractivity contribution in [3.63, 3.8) is 0 Å². The van der Waals surface area contributed by atoms with Crippen molar-refractivity contribution in [2.75, 3.05) is 39.0 Å². The lowest BCUT2D eigenvalue weighted by molar-refractivity contribution is -0.151. The maximum Gasteiger partial charge on any atom is 0.324 e. The van der Waals surface area contributed by atoms with E-state index in [0.717, 1.165) is 80.3 Å². The number of hydrogen-bond acceptors (Lipinski definition) is 6. The Bertz CT molecular complexity index is 1220. The van der Waals surface area contributed by atoms with Crippen LogP contribution in [-0.4, -0.2) is 84.5 Å². The number of likely N-dealkylation sites (tertiary alicyclic amines) is 2. The van der Waals surface area contributed by atoms with Crippen LogP contribution in [0.2, 0.25) is 5.02 Å². The molecule has 2 saturated heterocycles. The van der Waals surface area contributed by atoms with Gasteiger partial charge in [0.15, 0.2) is 0 Å². The first-order valence-corrected chi connectivity index (χ1v) is 15.8. The molecular weight excluding hydrogens is 559 g/mol. The Kier molecular flexibility index (Phi) is 11.4. The standard InChI is InChI=1S/C28H36ClFN2O3.CH4O3S/c1-20-17-23(29)5-8-26(20)35-25-11-13-31(14-12-25)19-22-9-15-32(16-10-22)28(2,27(33)34)18-21-3-6-24(30)7-4-21;1-5(2,3)4/h3-8,17,22,25H,9-16,18-19H2,1-2H3,(H,33,34);1H3,(H,2,3,4)/t28-;/m0./s1. The van der Waals surface area contributed by atoms with Crippen molar-refractivity contribution in [2.45, 2.75) is 57.6 Å². The van der Waals surface area contributed by atoms with Gasteiger partial charge in [-0.25, -0.2) is 4.39 Å². The van der Waals surface area contributed by atoms with Gasteiger partial charge in [0.2, 0.25) is 0 Å². The minimum Gasteiger partial charge on any atom is -0.490 e. The Morgan fingerprint density at radius 3 is 2.17 bits per heavy atom. The summed E-state index contributed by atoms with van der Waals surface area (Å²) in [6, 6.07) is 11.9. The zero-order valence-corrected chi connectivity index (χ0v) is 24.9. The highest BCUT2D eigenvalue weighted by molar-refractivity contribution is 7.85. The van der Waals surface area contributed by atoms with Gasteiger partial charge in [0.1, 0.15) is 23.2 Å². The molecule has 2 aliphatic rings. The van der Waals surface area contributed by atoms with E-state index < -0.39 is 21.6 Å². The number of carbonyl (C=O) groups is 1. The largest absolute Gasteiger partial charge is 0.490 e. The van der Waals surface area contributed by atoms with Crippen molar-refractivity contribution >= 4 is 27.7 Å². The van der Waals surface area contributed by atoms with E-state index in [1.807, 2.05) is 25.1 Å². The SMILES string of the molecule is CS(=O)(=O)O.Cc1cc(Cl)ccc1OC1CCN(CC2CCN([C@@](C)(Cc3ccc(F)cc3)C(=O)O)CC2)CC1. The summed E-state index contributed by atoms with van der Waals surface area (Å²) in [4.78, 5) is 16.9. The molecule has 4 rings (SSSR count). The van der Waals surface area contributed by atoms with Crippen LogP contribution in [0.1, 0.15) is 43.7 Å². The van der Waals surface area contributed by atoms with E-state index in [1.165, 1.54) is 12.1 Å². The number of carboxylic acids is 1. The average molecular weight is 599 g/mol. The van der Waals surface area contributed by atoms with Gasteiger partial charge in [0.25, 0.3) is 10.1 Å². The molecule has 8 nitrogen and oxygen atoms in total. The number of benzene rings is 2. The number of halogens is 2. The number of ether oxygens (including phenoxy) is 1.